The molecule has 0 aliphatic heterocycles. The molecular formula is C14H16N4O4S. The van der Waals surface area contributed by atoms with Crippen molar-refractivity contribution in [3.05, 3.63) is 29.0 Å². The van der Waals surface area contributed by atoms with E-state index in [1.165, 1.54) is 12.0 Å². The van der Waals surface area contributed by atoms with E-state index in [0.29, 0.717) is 21.4 Å². The van der Waals surface area contributed by atoms with Gasteiger partial charge in [-0.1, -0.05) is 0 Å². The molecule has 0 aliphatic rings. The highest BCUT2D eigenvalue weighted by molar-refractivity contribution is 7.17. The smallest absolute Gasteiger partial charge is 0.323 e. The Morgan fingerprint density at radius 3 is 2.65 bits per heavy atom. The summed E-state index contributed by atoms with van der Waals surface area (Å²) in [6.07, 6.45) is 3.19. The molecule has 0 saturated carbocycles. The van der Waals surface area contributed by atoms with Gasteiger partial charge in [0.1, 0.15) is 11.4 Å². The molecule has 0 aliphatic carbocycles. The highest BCUT2D eigenvalue weighted by Crippen LogP contribution is 2.26. The Labute approximate surface area is 136 Å². The summed E-state index contributed by atoms with van der Waals surface area (Å²) in [6.45, 7) is 1.75. The van der Waals surface area contributed by atoms with Gasteiger partial charge in [0.25, 0.3) is 5.91 Å². The normalized spacial score (nSPS) is 10.5. The second-order valence-electron chi connectivity index (χ2n) is 4.62. The summed E-state index contributed by atoms with van der Waals surface area (Å²) >= 11 is 1.15. The van der Waals surface area contributed by atoms with Gasteiger partial charge in [-0.2, -0.15) is 0 Å². The molecule has 0 radical (unpaired) electrons. The van der Waals surface area contributed by atoms with Gasteiger partial charge >= 0.3 is 5.97 Å². The first-order valence-electron chi connectivity index (χ1n) is 6.77. The van der Waals surface area contributed by atoms with E-state index in [1.807, 2.05) is 0 Å². The van der Waals surface area contributed by atoms with Crippen LogP contribution in [0.4, 0.5) is 0 Å². The molecule has 0 spiro atoms. The number of hydrogen-bond donors (Lipinski definition) is 1. The maximum Gasteiger partial charge on any atom is 0.323 e. The minimum Gasteiger partial charge on any atom is -0.480 e. The van der Waals surface area contributed by atoms with Crippen molar-refractivity contribution >= 4 is 23.2 Å². The number of rotatable bonds is 7. The second-order valence-corrected chi connectivity index (χ2v) is 5.62. The number of aryl methyl sites for hydroxylation is 1. The van der Waals surface area contributed by atoms with Crippen LogP contribution >= 0.6 is 11.3 Å². The first-order valence-corrected chi connectivity index (χ1v) is 7.59. The molecule has 2 heterocycles. The van der Waals surface area contributed by atoms with Crippen molar-refractivity contribution in [3.63, 3.8) is 0 Å². The number of aromatic nitrogens is 3. The maximum absolute atomic E-state index is 12.6. The highest BCUT2D eigenvalue weighted by atomic mass is 32.1. The third kappa shape index (κ3) is 4.30. The number of hydrogen-bond acceptors (Lipinski definition) is 7. The zero-order valence-corrected chi connectivity index (χ0v) is 13.5. The zero-order valence-electron chi connectivity index (χ0n) is 12.7. The Morgan fingerprint density at radius 2 is 2.04 bits per heavy atom. The van der Waals surface area contributed by atoms with E-state index < -0.39 is 12.5 Å². The van der Waals surface area contributed by atoms with Gasteiger partial charge in [0.15, 0.2) is 10.8 Å². The Kier molecular flexibility index (Phi) is 5.72. The maximum atomic E-state index is 12.6. The third-order valence-electron chi connectivity index (χ3n) is 2.93. The van der Waals surface area contributed by atoms with Crippen LogP contribution in [-0.2, 0) is 9.53 Å². The van der Waals surface area contributed by atoms with Crippen LogP contribution in [0.25, 0.3) is 10.8 Å². The largest absolute Gasteiger partial charge is 0.480 e. The number of methoxy groups -OCH3 is 1. The minimum absolute atomic E-state index is 0.191. The molecule has 2 aromatic rings. The molecule has 0 saturated heterocycles. The fraction of sp³-hybridized carbons (Fsp3) is 0.357. The number of carbonyl (C=O) groups excluding carboxylic acids is 1. The van der Waals surface area contributed by atoms with Crippen LogP contribution in [0.15, 0.2) is 18.5 Å². The van der Waals surface area contributed by atoms with E-state index in [9.17, 15) is 9.59 Å². The van der Waals surface area contributed by atoms with Gasteiger partial charge in [-0.3, -0.25) is 9.59 Å². The van der Waals surface area contributed by atoms with Gasteiger partial charge in [-0.25, -0.2) is 15.0 Å². The van der Waals surface area contributed by atoms with Crippen molar-refractivity contribution in [1.29, 1.82) is 0 Å². The average molecular weight is 336 g/mol. The Morgan fingerprint density at radius 1 is 1.35 bits per heavy atom. The van der Waals surface area contributed by atoms with Crippen LogP contribution in [0.5, 0.6) is 0 Å². The fourth-order valence-electron chi connectivity index (χ4n) is 1.86. The van der Waals surface area contributed by atoms with Crippen molar-refractivity contribution in [2.75, 3.05) is 26.8 Å². The summed E-state index contributed by atoms with van der Waals surface area (Å²) in [7, 11) is 1.49. The molecule has 0 fully saturated rings. The van der Waals surface area contributed by atoms with E-state index in [2.05, 4.69) is 15.0 Å². The van der Waals surface area contributed by atoms with E-state index in [4.69, 9.17) is 9.84 Å². The van der Waals surface area contributed by atoms with Gasteiger partial charge < -0.3 is 14.7 Å². The van der Waals surface area contributed by atoms with E-state index in [1.54, 1.807) is 25.4 Å². The summed E-state index contributed by atoms with van der Waals surface area (Å²) in [6, 6.07) is 1.69. The van der Waals surface area contributed by atoms with Crippen molar-refractivity contribution in [3.8, 4) is 10.8 Å². The standard InChI is InChI=1S/C14H16N4O4S/c1-9-11(14(21)18(6-7-22-2)8-10(19)20)23-13(17-9)12-15-4-3-5-16-12/h3-5H,6-8H2,1-2H3,(H,19,20). The number of carbonyl (C=O) groups is 2. The first kappa shape index (κ1) is 17.0. The molecule has 8 nitrogen and oxygen atoms in total. The fourth-order valence-corrected chi connectivity index (χ4v) is 2.84. The van der Waals surface area contributed by atoms with Crippen molar-refractivity contribution in [2.45, 2.75) is 6.92 Å². The molecule has 0 atom stereocenters. The number of thiazole rings is 1. The van der Waals surface area contributed by atoms with Crippen LogP contribution in [0, 0.1) is 6.92 Å². The Balaban J connectivity index is 2.26. The lowest BCUT2D eigenvalue weighted by Crippen LogP contribution is -2.37. The van der Waals surface area contributed by atoms with E-state index in [-0.39, 0.29) is 19.1 Å². The number of amides is 1. The number of carboxylic acid groups (broad SMARTS) is 1. The lowest BCUT2D eigenvalue weighted by molar-refractivity contribution is -0.137. The molecule has 122 valence electrons. The zero-order chi connectivity index (χ0) is 16.8. The molecule has 0 bridgehead atoms. The molecule has 9 heteroatoms. The quantitative estimate of drug-likeness (QED) is 0.806. The monoisotopic (exact) mass is 336 g/mol. The van der Waals surface area contributed by atoms with Crippen LogP contribution in [0.2, 0.25) is 0 Å². The molecule has 2 aromatic heterocycles. The summed E-state index contributed by atoms with van der Waals surface area (Å²) in [5.74, 6) is -1.04. The van der Waals surface area contributed by atoms with E-state index >= 15 is 0 Å². The number of ether oxygens (including phenoxy) is 1. The lowest BCUT2D eigenvalue weighted by Gasteiger charge is -2.19. The SMILES string of the molecule is COCCN(CC(=O)O)C(=O)c1sc(-c2ncccn2)nc1C. The highest BCUT2D eigenvalue weighted by Gasteiger charge is 2.24. The molecule has 23 heavy (non-hydrogen) atoms. The molecule has 0 unspecified atom stereocenters. The molecular weight excluding hydrogens is 320 g/mol. The van der Waals surface area contributed by atoms with Gasteiger partial charge in [-0.15, -0.1) is 11.3 Å². The van der Waals surface area contributed by atoms with Crippen molar-refractivity contribution < 1.29 is 19.4 Å². The molecule has 2 rings (SSSR count). The molecule has 0 aromatic carbocycles. The minimum atomic E-state index is -1.08. The van der Waals surface area contributed by atoms with Crippen molar-refractivity contribution in [1.82, 2.24) is 19.9 Å². The van der Waals surface area contributed by atoms with E-state index in [0.717, 1.165) is 11.3 Å². The number of carboxylic acids is 1. The summed E-state index contributed by atoms with van der Waals surface area (Å²) in [4.78, 5) is 37.7. The van der Waals surface area contributed by atoms with Crippen LogP contribution < -0.4 is 0 Å². The summed E-state index contributed by atoms with van der Waals surface area (Å²) < 4.78 is 4.93. The summed E-state index contributed by atoms with van der Waals surface area (Å²) in [5.41, 5.74) is 0.523. The lowest BCUT2D eigenvalue weighted by atomic mass is 10.3. The van der Waals surface area contributed by atoms with Gasteiger partial charge in [0, 0.05) is 26.0 Å². The predicted octanol–water partition coefficient (Wildman–Crippen LogP) is 1.08. The Bertz CT molecular complexity index is 689. The Hall–Kier alpha value is -2.39. The number of aliphatic carboxylic acids is 1. The average Bonchev–Trinajstić information content (AvgIpc) is 2.93. The summed E-state index contributed by atoms with van der Waals surface area (Å²) in [5, 5.41) is 9.49. The van der Waals surface area contributed by atoms with Crippen molar-refractivity contribution in [2.24, 2.45) is 0 Å². The molecule has 1 amide bonds. The topological polar surface area (TPSA) is 106 Å². The second kappa shape index (κ2) is 7.75. The van der Waals surface area contributed by atoms with Gasteiger partial charge in [0.05, 0.1) is 12.3 Å². The predicted molar refractivity (Wildman–Crippen MR) is 83.3 cm³/mol. The molecule has 1 N–H and O–H groups in total. The van der Waals surface area contributed by atoms with Crippen LogP contribution in [0.1, 0.15) is 15.4 Å². The third-order valence-corrected chi connectivity index (χ3v) is 4.07. The van der Waals surface area contributed by atoms with Gasteiger partial charge in [0.2, 0.25) is 0 Å². The van der Waals surface area contributed by atoms with Crippen LogP contribution in [0.3, 0.4) is 0 Å². The van der Waals surface area contributed by atoms with Crippen LogP contribution in [-0.4, -0.2) is 63.6 Å². The van der Waals surface area contributed by atoms with Gasteiger partial charge in [-0.05, 0) is 13.0 Å². The first-order chi connectivity index (χ1) is 11.0. The number of nitrogens with zero attached hydrogens (tertiary/aromatic N) is 4.